The van der Waals surface area contributed by atoms with Crippen molar-refractivity contribution in [2.24, 2.45) is 5.41 Å². The predicted octanol–water partition coefficient (Wildman–Crippen LogP) is 2.79. The van der Waals surface area contributed by atoms with Crippen molar-refractivity contribution in [2.75, 3.05) is 20.2 Å². The number of alkyl halides is 1. The Balaban J connectivity index is 3.00. The van der Waals surface area contributed by atoms with Crippen LogP contribution in [0.25, 0.3) is 0 Å². The lowest BCUT2D eigenvalue weighted by atomic mass is 9.94. The van der Waals surface area contributed by atoms with Crippen molar-refractivity contribution in [1.82, 2.24) is 4.31 Å². The van der Waals surface area contributed by atoms with Gasteiger partial charge in [0.25, 0.3) is 0 Å². The Bertz CT molecular complexity index is 628. The van der Waals surface area contributed by atoms with Gasteiger partial charge in [-0.3, -0.25) is 4.79 Å². The lowest BCUT2D eigenvalue weighted by Gasteiger charge is -2.27. The third kappa shape index (κ3) is 4.54. The van der Waals surface area contributed by atoms with Crippen LogP contribution in [0.3, 0.4) is 0 Å². The Hall–Kier alpha value is -0.920. The fraction of sp³-hybridized carbons (Fsp3) is 0.533. The van der Waals surface area contributed by atoms with Gasteiger partial charge in [0.05, 0.1) is 16.9 Å². The van der Waals surface area contributed by atoms with E-state index in [0.717, 1.165) is 5.56 Å². The second-order valence-electron chi connectivity index (χ2n) is 5.65. The fourth-order valence-corrected chi connectivity index (χ4v) is 3.75. The summed E-state index contributed by atoms with van der Waals surface area (Å²) in [6.45, 7) is 5.39. The van der Waals surface area contributed by atoms with E-state index in [4.69, 9.17) is 4.74 Å². The number of esters is 1. The van der Waals surface area contributed by atoms with Gasteiger partial charge in [-0.2, -0.15) is 4.31 Å². The summed E-state index contributed by atoms with van der Waals surface area (Å²) in [4.78, 5) is 12.1. The van der Waals surface area contributed by atoms with Crippen LogP contribution < -0.4 is 0 Å². The van der Waals surface area contributed by atoms with E-state index in [1.807, 2.05) is 6.07 Å². The topological polar surface area (TPSA) is 63.7 Å². The average molecular weight is 392 g/mol. The first-order chi connectivity index (χ1) is 10.1. The van der Waals surface area contributed by atoms with Crippen molar-refractivity contribution in [3.8, 4) is 0 Å². The average Bonchev–Trinajstić information content (AvgIpc) is 2.47. The Labute approximate surface area is 140 Å². The highest BCUT2D eigenvalue weighted by Gasteiger charge is 2.34. The van der Waals surface area contributed by atoms with Crippen LogP contribution in [0, 0.1) is 5.41 Å². The fourth-order valence-electron chi connectivity index (χ4n) is 2.00. The Morgan fingerprint density at radius 2 is 2.00 bits per heavy atom. The molecule has 0 aliphatic carbocycles. The standard InChI is InChI=1S/C15H22BrNO4S/c1-5-21-14(18)15(2,3)11-17(4)22(19,20)13-8-6-7-12(9-13)10-16/h6-9H,5,10-11H2,1-4H3. The first kappa shape index (κ1) is 19.1. The lowest BCUT2D eigenvalue weighted by Crippen LogP contribution is -2.41. The molecule has 0 fully saturated rings. The molecule has 22 heavy (non-hydrogen) atoms. The molecule has 5 nitrogen and oxygen atoms in total. The number of carbonyl (C=O) groups excluding carboxylic acids is 1. The number of hydrogen-bond acceptors (Lipinski definition) is 4. The van der Waals surface area contributed by atoms with E-state index in [0.29, 0.717) is 5.33 Å². The van der Waals surface area contributed by atoms with Crippen molar-refractivity contribution < 1.29 is 17.9 Å². The molecule has 1 aromatic rings. The molecule has 0 saturated carbocycles. The van der Waals surface area contributed by atoms with Crippen LogP contribution in [0.4, 0.5) is 0 Å². The van der Waals surface area contributed by atoms with E-state index in [1.165, 1.54) is 11.4 Å². The normalized spacial score (nSPS) is 12.5. The monoisotopic (exact) mass is 391 g/mol. The third-order valence-corrected chi connectivity index (χ3v) is 5.65. The zero-order chi connectivity index (χ0) is 17.0. The number of ether oxygens (including phenoxy) is 1. The molecule has 1 rings (SSSR count). The van der Waals surface area contributed by atoms with Gasteiger partial charge in [0, 0.05) is 18.9 Å². The van der Waals surface area contributed by atoms with Crippen molar-refractivity contribution in [1.29, 1.82) is 0 Å². The van der Waals surface area contributed by atoms with E-state index in [9.17, 15) is 13.2 Å². The largest absolute Gasteiger partial charge is 0.466 e. The number of nitrogens with zero attached hydrogens (tertiary/aromatic N) is 1. The summed E-state index contributed by atoms with van der Waals surface area (Å²) in [6.07, 6.45) is 0. The summed E-state index contributed by atoms with van der Waals surface area (Å²) in [5.41, 5.74) is -0.0376. The second-order valence-corrected chi connectivity index (χ2v) is 8.25. The maximum atomic E-state index is 12.6. The Kier molecular flexibility index (Phi) is 6.58. The molecule has 1 aromatic carbocycles. The number of rotatable bonds is 7. The van der Waals surface area contributed by atoms with E-state index < -0.39 is 21.4 Å². The number of carbonyl (C=O) groups is 1. The van der Waals surface area contributed by atoms with Gasteiger partial charge in [0.15, 0.2) is 0 Å². The zero-order valence-corrected chi connectivity index (χ0v) is 15.7. The molecule has 0 unspecified atom stereocenters. The van der Waals surface area contributed by atoms with Crippen LogP contribution in [0.5, 0.6) is 0 Å². The molecule has 0 amide bonds. The third-order valence-electron chi connectivity index (χ3n) is 3.21. The van der Waals surface area contributed by atoms with Crippen LogP contribution >= 0.6 is 15.9 Å². The van der Waals surface area contributed by atoms with Crippen LogP contribution in [0.2, 0.25) is 0 Å². The zero-order valence-electron chi connectivity index (χ0n) is 13.3. The summed E-state index contributed by atoms with van der Waals surface area (Å²) in [5, 5.41) is 0.578. The number of sulfonamides is 1. The van der Waals surface area contributed by atoms with Gasteiger partial charge < -0.3 is 4.74 Å². The molecule has 0 saturated heterocycles. The van der Waals surface area contributed by atoms with E-state index in [2.05, 4.69) is 15.9 Å². The molecule has 0 atom stereocenters. The van der Waals surface area contributed by atoms with Crippen molar-refractivity contribution in [3.63, 3.8) is 0 Å². The quantitative estimate of drug-likeness (QED) is 0.529. The number of halogens is 1. The van der Waals surface area contributed by atoms with Gasteiger partial charge in [0.2, 0.25) is 10.0 Å². The second kappa shape index (κ2) is 7.57. The highest BCUT2D eigenvalue weighted by Crippen LogP contribution is 2.24. The Morgan fingerprint density at radius 1 is 1.36 bits per heavy atom. The molecular weight excluding hydrogens is 370 g/mol. The lowest BCUT2D eigenvalue weighted by molar-refractivity contribution is -0.153. The van der Waals surface area contributed by atoms with E-state index >= 15 is 0 Å². The highest BCUT2D eigenvalue weighted by atomic mass is 79.9. The van der Waals surface area contributed by atoms with Crippen molar-refractivity contribution in [3.05, 3.63) is 29.8 Å². The summed E-state index contributed by atoms with van der Waals surface area (Å²) >= 11 is 3.31. The highest BCUT2D eigenvalue weighted by molar-refractivity contribution is 9.08. The van der Waals surface area contributed by atoms with Crippen LogP contribution in [0.15, 0.2) is 29.2 Å². The number of benzene rings is 1. The van der Waals surface area contributed by atoms with Crippen molar-refractivity contribution in [2.45, 2.75) is 31.0 Å². The minimum Gasteiger partial charge on any atom is -0.466 e. The van der Waals surface area contributed by atoms with Gasteiger partial charge in [-0.15, -0.1) is 0 Å². The van der Waals surface area contributed by atoms with Crippen LogP contribution in [0.1, 0.15) is 26.3 Å². The van der Waals surface area contributed by atoms with Gasteiger partial charge in [-0.1, -0.05) is 28.1 Å². The molecule has 7 heteroatoms. The molecule has 0 aliphatic rings. The summed E-state index contributed by atoms with van der Waals surface area (Å²) < 4.78 is 31.4. The van der Waals surface area contributed by atoms with Gasteiger partial charge in [-0.25, -0.2) is 8.42 Å². The molecule has 124 valence electrons. The van der Waals surface area contributed by atoms with Gasteiger partial charge in [-0.05, 0) is 38.5 Å². The van der Waals surface area contributed by atoms with Gasteiger partial charge >= 0.3 is 5.97 Å². The minimum absolute atomic E-state index is 0.0483. The minimum atomic E-state index is -3.65. The molecule has 0 radical (unpaired) electrons. The predicted molar refractivity (Wildman–Crippen MR) is 89.3 cm³/mol. The number of hydrogen-bond donors (Lipinski definition) is 0. The van der Waals surface area contributed by atoms with Crippen molar-refractivity contribution >= 4 is 31.9 Å². The molecule has 0 spiro atoms. The molecular formula is C15H22BrNO4S. The summed E-state index contributed by atoms with van der Waals surface area (Å²) in [5.74, 6) is -0.411. The maximum Gasteiger partial charge on any atom is 0.312 e. The maximum absolute atomic E-state index is 12.6. The first-order valence-corrected chi connectivity index (χ1v) is 9.49. The molecule has 0 heterocycles. The van der Waals surface area contributed by atoms with Crippen LogP contribution in [-0.2, 0) is 24.9 Å². The molecule has 0 N–H and O–H groups in total. The molecule has 0 aromatic heterocycles. The van der Waals surface area contributed by atoms with E-state index in [-0.39, 0.29) is 18.0 Å². The van der Waals surface area contributed by atoms with Crippen LogP contribution in [-0.4, -0.2) is 38.9 Å². The molecule has 0 bridgehead atoms. The smallest absolute Gasteiger partial charge is 0.312 e. The van der Waals surface area contributed by atoms with E-state index in [1.54, 1.807) is 39.0 Å². The summed E-state index contributed by atoms with van der Waals surface area (Å²) in [6, 6.07) is 6.72. The first-order valence-electron chi connectivity index (χ1n) is 6.93. The van der Waals surface area contributed by atoms with Gasteiger partial charge in [0.1, 0.15) is 0 Å². The summed E-state index contributed by atoms with van der Waals surface area (Å²) in [7, 11) is -2.18. The molecule has 0 aliphatic heterocycles. The Morgan fingerprint density at radius 3 is 2.55 bits per heavy atom. The SMILES string of the molecule is CCOC(=O)C(C)(C)CN(C)S(=O)(=O)c1cccc(CBr)c1.